The van der Waals surface area contributed by atoms with Crippen molar-refractivity contribution in [2.45, 2.75) is 77.7 Å². The summed E-state index contributed by atoms with van der Waals surface area (Å²) in [5.74, 6) is 0.540. The van der Waals surface area contributed by atoms with Gasteiger partial charge in [0.25, 0.3) is 11.1 Å². The van der Waals surface area contributed by atoms with E-state index in [0.29, 0.717) is 36.5 Å². The molecule has 0 radical (unpaired) electrons. The van der Waals surface area contributed by atoms with Gasteiger partial charge >= 0.3 is 0 Å². The molecule has 0 aliphatic carbocycles. The molecule has 4 atom stereocenters. The van der Waals surface area contributed by atoms with Crippen LogP contribution in [0.3, 0.4) is 0 Å². The molecule has 2 aromatic carbocycles. The summed E-state index contributed by atoms with van der Waals surface area (Å²) in [6.45, 7) is 11.6. The van der Waals surface area contributed by atoms with Crippen molar-refractivity contribution in [1.29, 1.82) is 0 Å². The molecule has 0 saturated carbocycles. The molecule has 2 aromatic heterocycles. The minimum Gasteiger partial charge on any atom is -0.376 e. The summed E-state index contributed by atoms with van der Waals surface area (Å²) in [7, 11) is 0. The van der Waals surface area contributed by atoms with Gasteiger partial charge in [-0.3, -0.25) is 18.7 Å². The van der Waals surface area contributed by atoms with E-state index in [-0.39, 0.29) is 66.6 Å². The highest BCUT2D eigenvalue weighted by molar-refractivity contribution is 6.43. The van der Waals surface area contributed by atoms with E-state index in [2.05, 4.69) is 19.8 Å². The van der Waals surface area contributed by atoms with Crippen LogP contribution in [-0.2, 0) is 9.47 Å². The summed E-state index contributed by atoms with van der Waals surface area (Å²) >= 11 is 24.4. The summed E-state index contributed by atoms with van der Waals surface area (Å²) in [6, 6.07) is 7.92. The van der Waals surface area contributed by atoms with Crippen LogP contribution in [0, 0.1) is 36.3 Å². The second-order valence-corrected chi connectivity index (χ2v) is 17.4. The van der Waals surface area contributed by atoms with Gasteiger partial charge in [-0.2, -0.15) is 0 Å². The average molecular weight is 883 g/mol. The molecule has 4 saturated heterocycles. The summed E-state index contributed by atoms with van der Waals surface area (Å²) in [5.41, 5.74) is 11.7. The van der Waals surface area contributed by atoms with Crippen LogP contribution >= 0.6 is 46.4 Å². The second-order valence-electron chi connectivity index (χ2n) is 15.8. The predicted molar refractivity (Wildman–Crippen MR) is 224 cm³/mol. The minimum atomic E-state index is -0.636. The standard InChI is InChI=1S/2C20H23Cl2FN4O2/c2*1-11-19(24)20(10-29-11)5-7-26(8-6-20)15-9-16(28)27(12(2)25-15)18-14(23)4-3-13(21)17(18)22/h2*3-4,9,11,19H,5-8,10,24H2,1-2H3/t2*11-,19+/m00/s1. The fourth-order valence-corrected chi connectivity index (χ4v) is 9.56. The van der Waals surface area contributed by atoms with E-state index in [1.807, 2.05) is 13.8 Å². The Labute approximate surface area is 354 Å². The van der Waals surface area contributed by atoms with Crippen LogP contribution in [0.4, 0.5) is 20.4 Å². The molecule has 4 fully saturated rings. The highest BCUT2D eigenvalue weighted by Crippen LogP contribution is 2.43. The Hall–Kier alpha value is -3.34. The van der Waals surface area contributed by atoms with Crippen LogP contribution in [-0.4, -0.2) is 82.8 Å². The third kappa shape index (κ3) is 7.75. The molecule has 4 N–H and O–H groups in total. The van der Waals surface area contributed by atoms with Crippen molar-refractivity contribution < 1.29 is 18.3 Å². The first kappa shape index (κ1) is 42.8. The first-order valence-electron chi connectivity index (χ1n) is 19.2. The number of ether oxygens (including phenoxy) is 2. The van der Waals surface area contributed by atoms with Crippen molar-refractivity contribution in [3.63, 3.8) is 0 Å². The number of aryl methyl sites for hydroxylation is 2. The predicted octanol–water partition coefficient (Wildman–Crippen LogP) is 6.64. The first-order valence-corrected chi connectivity index (χ1v) is 20.7. The maximum atomic E-state index is 14.4. The second kappa shape index (κ2) is 16.6. The number of aromatic nitrogens is 4. The van der Waals surface area contributed by atoms with Gasteiger partial charge < -0.3 is 30.7 Å². The molecule has 312 valence electrons. The van der Waals surface area contributed by atoms with Gasteiger partial charge in [0.2, 0.25) is 0 Å². The zero-order valence-corrected chi connectivity index (χ0v) is 35.6. The number of hydrogen-bond donors (Lipinski definition) is 2. The van der Waals surface area contributed by atoms with Crippen molar-refractivity contribution in [2.75, 3.05) is 49.2 Å². The third-order valence-corrected chi connectivity index (χ3v) is 14.1. The van der Waals surface area contributed by atoms with Crippen LogP contribution in [0.1, 0.15) is 51.2 Å². The van der Waals surface area contributed by atoms with E-state index >= 15 is 0 Å². The molecule has 0 bridgehead atoms. The molecular weight excluding hydrogens is 836 g/mol. The molecule has 6 heterocycles. The van der Waals surface area contributed by atoms with Crippen molar-refractivity contribution in [2.24, 2.45) is 22.3 Å². The number of hydrogen-bond acceptors (Lipinski definition) is 10. The van der Waals surface area contributed by atoms with Crippen molar-refractivity contribution in [3.8, 4) is 11.4 Å². The number of piperidine rings is 2. The van der Waals surface area contributed by atoms with Gasteiger partial charge in [-0.1, -0.05) is 46.4 Å². The monoisotopic (exact) mass is 880 g/mol. The molecule has 4 aliphatic rings. The summed E-state index contributed by atoms with van der Waals surface area (Å²) in [4.78, 5) is 38.9. The fourth-order valence-electron chi connectivity index (χ4n) is 8.78. The van der Waals surface area contributed by atoms with Gasteiger partial charge in [-0.05, 0) is 77.6 Å². The number of benzene rings is 2. The van der Waals surface area contributed by atoms with Gasteiger partial charge in [-0.25, -0.2) is 18.7 Å². The van der Waals surface area contributed by atoms with Crippen LogP contribution < -0.4 is 32.4 Å². The molecule has 0 amide bonds. The minimum absolute atomic E-state index is 0.0142. The number of halogens is 6. The zero-order valence-electron chi connectivity index (χ0n) is 32.6. The Morgan fingerprint density at radius 3 is 1.29 bits per heavy atom. The average Bonchev–Trinajstić information content (AvgIpc) is 3.62. The van der Waals surface area contributed by atoms with Gasteiger partial charge in [-0.15, -0.1) is 0 Å². The molecule has 4 aromatic rings. The molecule has 12 nitrogen and oxygen atoms in total. The lowest BCUT2D eigenvalue weighted by molar-refractivity contribution is 0.0973. The Morgan fingerprint density at radius 2 is 1.00 bits per heavy atom. The zero-order chi connectivity index (χ0) is 41.8. The van der Waals surface area contributed by atoms with E-state index in [1.54, 1.807) is 13.8 Å². The van der Waals surface area contributed by atoms with Crippen molar-refractivity contribution in [3.05, 3.63) is 100 Å². The van der Waals surface area contributed by atoms with Crippen LogP contribution in [0.15, 0.2) is 46.0 Å². The van der Waals surface area contributed by atoms with Crippen LogP contribution in [0.5, 0.6) is 0 Å². The summed E-state index contributed by atoms with van der Waals surface area (Å²) in [5, 5.41) is 0.305. The van der Waals surface area contributed by atoms with Gasteiger partial charge in [0.1, 0.15) is 46.3 Å². The fraction of sp³-hybridized carbons (Fsp3) is 0.500. The van der Waals surface area contributed by atoms with Gasteiger partial charge in [0.05, 0.1) is 45.5 Å². The number of nitrogens with zero attached hydrogens (tertiary/aromatic N) is 6. The number of nitrogens with two attached hydrogens (primary N) is 2. The molecule has 4 aliphatic heterocycles. The lowest BCUT2D eigenvalue weighted by Crippen LogP contribution is -2.51. The lowest BCUT2D eigenvalue weighted by atomic mass is 9.73. The van der Waals surface area contributed by atoms with Gasteiger partial charge in [0, 0.05) is 61.2 Å². The Kier molecular flexibility index (Phi) is 12.2. The number of anilines is 2. The molecule has 8 rings (SSSR count). The maximum Gasteiger partial charge on any atom is 0.260 e. The lowest BCUT2D eigenvalue weighted by Gasteiger charge is -2.41. The smallest absolute Gasteiger partial charge is 0.260 e. The molecule has 0 unspecified atom stereocenters. The van der Waals surface area contributed by atoms with Crippen molar-refractivity contribution >= 4 is 58.0 Å². The topological polar surface area (TPSA) is 147 Å². The Balaban J connectivity index is 0.000000177. The summed E-state index contributed by atoms with van der Waals surface area (Å²) in [6.07, 6.45) is 3.61. The van der Waals surface area contributed by atoms with E-state index in [1.165, 1.54) is 36.4 Å². The van der Waals surface area contributed by atoms with E-state index < -0.39 is 22.8 Å². The van der Waals surface area contributed by atoms with Crippen LogP contribution in [0.25, 0.3) is 11.4 Å². The molecule has 18 heteroatoms. The third-order valence-electron chi connectivity index (χ3n) is 12.5. The van der Waals surface area contributed by atoms with E-state index in [4.69, 9.17) is 67.3 Å². The highest BCUT2D eigenvalue weighted by Gasteiger charge is 2.49. The van der Waals surface area contributed by atoms with Crippen LogP contribution in [0.2, 0.25) is 20.1 Å². The Morgan fingerprint density at radius 1 is 0.655 bits per heavy atom. The number of rotatable bonds is 4. The normalized spacial score (nSPS) is 23.7. The molecular formula is C40H46Cl4F2N8O4. The molecule has 58 heavy (non-hydrogen) atoms. The quantitative estimate of drug-likeness (QED) is 0.214. The van der Waals surface area contributed by atoms with Crippen molar-refractivity contribution in [1.82, 2.24) is 19.1 Å². The summed E-state index contributed by atoms with van der Waals surface area (Å²) < 4.78 is 42.6. The van der Waals surface area contributed by atoms with Gasteiger partial charge in [0.15, 0.2) is 0 Å². The first-order chi connectivity index (χ1) is 27.5. The Bertz CT molecular complexity index is 2170. The largest absolute Gasteiger partial charge is 0.376 e. The SMILES string of the molecule is Cc1nc(N2CCC3(CC2)CO[C@@H](C)[C@H]3N)cc(=O)n1-c1c(F)ccc(Cl)c1Cl.Cc1nc(N2CCC3(CC2)CO[C@@H](C)[C@H]3N)cc(=O)n1-c1c(F)ccc(Cl)c1Cl. The highest BCUT2D eigenvalue weighted by atomic mass is 35.5. The maximum absolute atomic E-state index is 14.4. The molecule has 2 spiro atoms. The van der Waals surface area contributed by atoms with E-state index in [0.717, 1.165) is 61.0 Å². The van der Waals surface area contributed by atoms with E-state index in [9.17, 15) is 18.4 Å².